The lowest BCUT2D eigenvalue weighted by Crippen LogP contribution is -2.21. The van der Waals surface area contributed by atoms with Gasteiger partial charge in [0.1, 0.15) is 5.69 Å². The number of hydrogen-bond acceptors (Lipinski definition) is 6. The Labute approximate surface area is 174 Å². The van der Waals surface area contributed by atoms with Crippen molar-refractivity contribution in [3.8, 4) is 0 Å². The fourth-order valence-corrected chi connectivity index (χ4v) is 4.01. The maximum atomic E-state index is 12.0. The average Bonchev–Trinajstić information content (AvgIpc) is 3.02. The Morgan fingerprint density at radius 3 is 2.72 bits per heavy atom. The summed E-state index contributed by atoms with van der Waals surface area (Å²) in [5.74, 6) is -1.41. The summed E-state index contributed by atoms with van der Waals surface area (Å²) in [7, 11) is 0. The number of carbonyl (C=O) groups is 2. The fourth-order valence-electron chi connectivity index (χ4n) is 2.61. The molecular weight excluding hydrogens is 416 g/mol. The summed E-state index contributed by atoms with van der Waals surface area (Å²) >= 11 is 7.73. The van der Waals surface area contributed by atoms with Crippen LogP contribution in [-0.2, 0) is 14.3 Å². The fraction of sp³-hybridized carbons (Fsp3) is 0.100. The number of para-hydroxylation sites is 1. The van der Waals surface area contributed by atoms with E-state index in [1.165, 1.54) is 35.6 Å². The number of halogens is 1. The topological polar surface area (TPSA) is 98.5 Å². The van der Waals surface area contributed by atoms with E-state index in [2.05, 4.69) is 5.32 Å². The van der Waals surface area contributed by atoms with Gasteiger partial charge >= 0.3 is 5.97 Å². The van der Waals surface area contributed by atoms with Crippen LogP contribution in [0.15, 0.2) is 48.5 Å². The Hall–Kier alpha value is -3.23. The molecule has 9 heteroatoms. The van der Waals surface area contributed by atoms with E-state index in [0.29, 0.717) is 15.5 Å². The Kier molecular flexibility index (Phi) is 6.26. The number of nitro groups is 1. The number of hydrogen-bond donors (Lipinski definition) is 1. The minimum atomic E-state index is -0.729. The quantitative estimate of drug-likeness (QED) is 0.258. The number of nitro benzene ring substituents is 1. The van der Waals surface area contributed by atoms with Crippen molar-refractivity contribution < 1.29 is 19.2 Å². The predicted octanol–water partition coefficient (Wildman–Crippen LogP) is 4.97. The number of nitrogens with one attached hydrogen (secondary N) is 1. The number of carbonyl (C=O) groups excluding carboxylic acids is 2. The van der Waals surface area contributed by atoms with Crippen LogP contribution in [0.3, 0.4) is 0 Å². The molecule has 0 saturated heterocycles. The largest absolute Gasteiger partial charge is 0.452 e. The monoisotopic (exact) mass is 430 g/mol. The van der Waals surface area contributed by atoms with Crippen LogP contribution in [0.25, 0.3) is 16.2 Å². The van der Waals surface area contributed by atoms with Gasteiger partial charge in [-0.3, -0.25) is 14.9 Å². The van der Waals surface area contributed by atoms with Gasteiger partial charge < -0.3 is 10.1 Å². The molecule has 0 spiro atoms. The maximum absolute atomic E-state index is 12.0. The molecule has 3 rings (SSSR count). The number of nitrogens with zero attached hydrogens (tertiary/aromatic N) is 1. The number of benzene rings is 2. The van der Waals surface area contributed by atoms with Gasteiger partial charge in [0.05, 0.1) is 9.95 Å². The third-order valence-electron chi connectivity index (χ3n) is 3.99. The van der Waals surface area contributed by atoms with Gasteiger partial charge in [-0.15, -0.1) is 11.3 Å². The van der Waals surface area contributed by atoms with Gasteiger partial charge in [0, 0.05) is 27.1 Å². The van der Waals surface area contributed by atoms with Crippen LogP contribution in [0.5, 0.6) is 0 Å². The molecule has 0 bridgehead atoms. The van der Waals surface area contributed by atoms with Crippen molar-refractivity contribution in [1.29, 1.82) is 0 Å². The first kappa shape index (κ1) is 20.5. The Morgan fingerprint density at radius 1 is 1.24 bits per heavy atom. The molecule has 1 N–H and O–H groups in total. The van der Waals surface area contributed by atoms with Gasteiger partial charge in [0.25, 0.3) is 11.6 Å². The second-order valence-electron chi connectivity index (χ2n) is 5.99. The molecule has 29 heavy (non-hydrogen) atoms. The molecule has 7 nitrogen and oxygen atoms in total. The van der Waals surface area contributed by atoms with E-state index in [4.69, 9.17) is 16.3 Å². The Bertz CT molecular complexity index is 1140. The van der Waals surface area contributed by atoms with Crippen molar-refractivity contribution in [1.82, 2.24) is 0 Å². The smallest absolute Gasteiger partial charge is 0.331 e. The number of rotatable bonds is 6. The van der Waals surface area contributed by atoms with E-state index in [-0.39, 0.29) is 11.4 Å². The highest BCUT2D eigenvalue weighted by Gasteiger charge is 2.18. The number of amides is 1. The second-order valence-corrected chi connectivity index (χ2v) is 7.45. The summed E-state index contributed by atoms with van der Waals surface area (Å²) in [5.41, 5.74) is 0.369. The van der Waals surface area contributed by atoms with E-state index in [0.717, 1.165) is 10.1 Å². The van der Waals surface area contributed by atoms with Crippen molar-refractivity contribution in [3.05, 3.63) is 74.1 Å². The normalized spacial score (nSPS) is 11.0. The van der Waals surface area contributed by atoms with E-state index in [1.807, 2.05) is 24.3 Å². The van der Waals surface area contributed by atoms with E-state index < -0.39 is 23.4 Å². The summed E-state index contributed by atoms with van der Waals surface area (Å²) in [6, 6.07) is 12.0. The molecule has 1 amide bonds. The lowest BCUT2D eigenvalue weighted by molar-refractivity contribution is -0.384. The van der Waals surface area contributed by atoms with Crippen LogP contribution in [0, 0.1) is 17.0 Å². The molecule has 0 radical (unpaired) electrons. The molecule has 2 aromatic carbocycles. The molecule has 0 aliphatic heterocycles. The number of anilines is 1. The molecule has 1 aromatic heterocycles. The average molecular weight is 431 g/mol. The zero-order chi connectivity index (χ0) is 21.0. The van der Waals surface area contributed by atoms with Gasteiger partial charge in [-0.25, -0.2) is 4.79 Å². The summed E-state index contributed by atoms with van der Waals surface area (Å²) in [4.78, 5) is 35.1. The molecule has 1 heterocycles. The van der Waals surface area contributed by atoms with Gasteiger partial charge in [-0.05, 0) is 24.6 Å². The van der Waals surface area contributed by atoms with Crippen LogP contribution < -0.4 is 5.32 Å². The summed E-state index contributed by atoms with van der Waals surface area (Å²) in [6.07, 6.45) is 2.71. The van der Waals surface area contributed by atoms with Crippen LogP contribution in [0.4, 0.5) is 11.4 Å². The van der Waals surface area contributed by atoms with Gasteiger partial charge in [-0.1, -0.05) is 41.9 Å². The van der Waals surface area contributed by atoms with Crippen molar-refractivity contribution in [3.63, 3.8) is 0 Å². The molecule has 3 aromatic rings. The van der Waals surface area contributed by atoms with Crippen molar-refractivity contribution in [2.75, 3.05) is 11.9 Å². The zero-order valence-corrected chi connectivity index (χ0v) is 16.8. The highest BCUT2D eigenvalue weighted by atomic mass is 35.5. The number of thiophene rings is 1. The Morgan fingerprint density at radius 2 is 2.00 bits per heavy atom. The second kappa shape index (κ2) is 8.85. The van der Waals surface area contributed by atoms with Crippen LogP contribution in [0.1, 0.15) is 10.4 Å². The first-order valence-corrected chi connectivity index (χ1v) is 9.62. The molecule has 148 valence electrons. The number of esters is 1. The van der Waals surface area contributed by atoms with Crippen molar-refractivity contribution in [2.24, 2.45) is 0 Å². The lowest BCUT2D eigenvalue weighted by Gasteiger charge is -2.08. The van der Waals surface area contributed by atoms with Crippen molar-refractivity contribution in [2.45, 2.75) is 6.92 Å². The molecule has 0 aliphatic rings. The summed E-state index contributed by atoms with van der Waals surface area (Å²) in [6.45, 7) is 1.06. The number of ether oxygens (including phenoxy) is 1. The molecule has 0 unspecified atom stereocenters. The molecule has 0 atom stereocenters. The van der Waals surface area contributed by atoms with Gasteiger partial charge in [0.15, 0.2) is 6.61 Å². The minimum absolute atomic E-state index is 0.0751. The zero-order valence-electron chi connectivity index (χ0n) is 15.2. The maximum Gasteiger partial charge on any atom is 0.331 e. The summed E-state index contributed by atoms with van der Waals surface area (Å²) in [5, 5.41) is 14.9. The molecule has 0 fully saturated rings. The molecule has 0 saturated carbocycles. The van der Waals surface area contributed by atoms with Gasteiger partial charge in [-0.2, -0.15) is 0 Å². The van der Waals surface area contributed by atoms with E-state index >= 15 is 0 Å². The van der Waals surface area contributed by atoms with E-state index in [9.17, 15) is 19.7 Å². The van der Waals surface area contributed by atoms with Gasteiger partial charge in [0.2, 0.25) is 0 Å². The standard InChI is InChI=1S/C20H15ClN2O5S/c1-12-5-4-7-14(23(26)27)20(12)22-17(24)11-28-18(25)10-9-16-19(21)13-6-2-3-8-15(13)29-16/h2-10H,11H2,1H3,(H,22,24)/b10-9+. The van der Waals surface area contributed by atoms with Crippen LogP contribution in [0.2, 0.25) is 5.02 Å². The SMILES string of the molecule is Cc1cccc([N+](=O)[O-])c1NC(=O)COC(=O)/C=C/c1sc2ccccc2c1Cl. The van der Waals surface area contributed by atoms with Crippen LogP contribution >= 0.6 is 22.9 Å². The highest BCUT2D eigenvalue weighted by Crippen LogP contribution is 2.35. The third kappa shape index (κ3) is 4.79. The minimum Gasteiger partial charge on any atom is -0.452 e. The van der Waals surface area contributed by atoms with E-state index in [1.54, 1.807) is 13.0 Å². The van der Waals surface area contributed by atoms with Crippen molar-refractivity contribution >= 4 is 62.4 Å². The number of aryl methyl sites for hydroxylation is 1. The first-order chi connectivity index (χ1) is 13.9. The molecule has 0 aliphatic carbocycles. The number of fused-ring (bicyclic) bond motifs is 1. The predicted molar refractivity (Wildman–Crippen MR) is 113 cm³/mol. The Balaban J connectivity index is 1.61. The molecular formula is C20H15ClN2O5S. The highest BCUT2D eigenvalue weighted by molar-refractivity contribution is 7.20. The lowest BCUT2D eigenvalue weighted by atomic mass is 10.1. The first-order valence-electron chi connectivity index (χ1n) is 8.42. The summed E-state index contributed by atoms with van der Waals surface area (Å²) < 4.78 is 5.90. The third-order valence-corrected chi connectivity index (χ3v) is 5.64. The van der Waals surface area contributed by atoms with Crippen LogP contribution in [-0.4, -0.2) is 23.4 Å².